The Bertz CT molecular complexity index is 1100. The van der Waals surface area contributed by atoms with Gasteiger partial charge in [-0.25, -0.2) is 9.78 Å². The van der Waals surface area contributed by atoms with Gasteiger partial charge in [-0.1, -0.05) is 18.2 Å². The largest absolute Gasteiger partial charge is 0.464 e. The van der Waals surface area contributed by atoms with Gasteiger partial charge in [0.2, 0.25) is 0 Å². The van der Waals surface area contributed by atoms with Crippen LogP contribution < -0.4 is 10.5 Å². The summed E-state index contributed by atoms with van der Waals surface area (Å²) >= 11 is 0. The lowest BCUT2D eigenvalue weighted by Crippen LogP contribution is -2.33. The fourth-order valence-electron chi connectivity index (χ4n) is 3.45. The summed E-state index contributed by atoms with van der Waals surface area (Å²) in [5.41, 5.74) is 9.99. The lowest BCUT2D eigenvalue weighted by Gasteiger charge is -2.24. The molecule has 0 aliphatic carbocycles. The van der Waals surface area contributed by atoms with E-state index >= 15 is 0 Å². The van der Waals surface area contributed by atoms with Crippen molar-refractivity contribution in [3.63, 3.8) is 0 Å². The number of carbonyl (C=O) groups is 1. The van der Waals surface area contributed by atoms with Crippen LogP contribution in [0.15, 0.2) is 24.5 Å². The number of nitrogens with two attached hydrogens (primary N) is 1. The Morgan fingerprint density at radius 1 is 1.20 bits per heavy atom. The van der Waals surface area contributed by atoms with Crippen molar-refractivity contribution >= 4 is 23.1 Å². The Morgan fingerprint density at radius 3 is 2.70 bits per heavy atom. The van der Waals surface area contributed by atoms with Crippen molar-refractivity contribution in [1.29, 1.82) is 0 Å². The Labute approximate surface area is 174 Å². The van der Waals surface area contributed by atoms with Crippen LogP contribution in [0.5, 0.6) is 6.01 Å². The number of nitrogen functional groups attached to an aromatic ring is 1. The summed E-state index contributed by atoms with van der Waals surface area (Å²) < 4.78 is 12.8. The van der Waals surface area contributed by atoms with Gasteiger partial charge in [0.1, 0.15) is 5.60 Å². The molecule has 3 aromatic rings. The number of nitrogens with zero attached hydrogens (tertiary/aromatic N) is 5. The molecule has 0 unspecified atom stereocenters. The average Bonchev–Trinajstić information content (AvgIpc) is 3.25. The van der Waals surface area contributed by atoms with Gasteiger partial charge < -0.3 is 19.8 Å². The third-order valence-electron chi connectivity index (χ3n) is 4.74. The molecule has 0 bridgehead atoms. The molecular formula is C21H26N6O3. The SMILES string of the molecule is CCOc1nc(N)c2ncn(Cc3ccc4c(c3)CN(C(=O)OC(C)(C)C)C4)c2n1. The first kappa shape index (κ1) is 19.9. The van der Waals surface area contributed by atoms with E-state index in [9.17, 15) is 4.79 Å². The van der Waals surface area contributed by atoms with Gasteiger partial charge in [-0.05, 0) is 44.4 Å². The van der Waals surface area contributed by atoms with Crippen molar-refractivity contribution in [2.75, 3.05) is 12.3 Å². The third-order valence-corrected chi connectivity index (χ3v) is 4.74. The molecule has 9 nitrogen and oxygen atoms in total. The Hall–Kier alpha value is -3.36. The van der Waals surface area contributed by atoms with E-state index in [0.29, 0.717) is 43.2 Å². The first-order valence-electron chi connectivity index (χ1n) is 9.93. The molecule has 0 spiro atoms. The molecule has 4 rings (SSSR count). The summed E-state index contributed by atoms with van der Waals surface area (Å²) in [5.74, 6) is 0.296. The number of aromatic nitrogens is 4. The van der Waals surface area contributed by atoms with Gasteiger partial charge in [0.05, 0.1) is 19.5 Å². The third kappa shape index (κ3) is 4.00. The Balaban J connectivity index is 1.54. The van der Waals surface area contributed by atoms with E-state index in [4.69, 9.17) is 15.2 Å². The van der Waals surface area contributed by atoms with Gasteiger partial charge in [-0.15, -0.1) is 0 Å². The summed E-state index contributed by atoms with van der Waals surface area (Å²) in [6.07, 6.45) is 1.41. The number of hydrogen-bond donors (Lipinski definition) is 1. The maximum atomic E-state index is 12.4. The molecule has 0 fully saturated rings. The van der Waals surface area contributed by atoms with Crippen LogP contribution in [0.3, 0.4) is 0 Å². The van der Waals surface area contributed by atoms with E-state index in [1.165, 1.54) is 0 Å². The zero-order chi connectivity index (χ0) is 21.5. The number of imidazole rings is 1. The number of anilines is 1. The van der Waals surface area contributed by atoms with E-state index in [0.717, 1.165) is 16.7 Å². The van der Waals surface area contributed by atoms with Crippen LogP contribution in [0.1, 0.15) is 44.4 Å². The second-order valence-electron chi connectivity index (χ2n) is 8.31. The summed E-state index contributed by atoms with van der Waals surface area (Å²) in [6, 6.07) is 6.46. The molecular weight excluding hydrogens is 384 g/mol. The maximum Gasteiger partial charge on any atom is 0.410 e. The molecule has 1 amide bonds. The normalized spacial score (nSPS) is 13.5. The monoisotopic (exact) mass is 410 g/mol. The second kappa shape index (κ2) is 7.47. The fourth-order valence-corrected chi connectivity index (χ4v) is 3.45. The quantitative estimate of drug-likeness (QED) is 0.704. The number of benzene rings is 1. The van der Waals surface area contributed by atoms with Gasteiger partial charge >= 0.3 is 12.1 Å². The zero-order valence-electron chi connectivity index (χ0n) is 17.7. The Morgan fingerprint density at radius 2 is 1.97 bits per heavy atom. The smallest absolute Gasteiger partial charge is 0.410 e. The van der Waals surface area contributed by atoms with E-state index < -0.39 is 5.60 Å². The lowest BCUT2D eigenvalue weighted by molar-refractivity contribution is 0.0242. The van der Waals surface area contributed by atoms with Crippen LogP contribution in [0, 0.1) is 0 Å². The number of ether oxygens (including phenoxy) is 2. The molecule has 1 aliphatic rings. The molecule has 0 saturated carbocycles. The van der Waals surface area contributed by atoms with Crippen molar-refractivity contribution in [3.05, 3.63) is 41.2 Å². The first-order chi connectivity index (χ1) is 14.2. The predicted octanol–water partition coefficient (Wildman–Crippen LogP) is 3.11. The highest BCUT2D eigenvalue weighted by molar-refractivity contribution is 5.82. The number of hydrogen-bond acceptors (Lipinski definition) is 7. The van der Waals surface area contributed by atoms with Gasteiger partial charge in [0.25, 0.3) is 0 Å². The molecule has 158 valence electrons. The summed E-state index contributed by atoms with van der Waals surface area (Å²) in [7, 11) is 0. The predicted molar refractivity (Wildman–Crippen MR) is 112 cm³/mol. The zero-order valence-corrected chi connectivity index (χ0v) is 17.7. The molecule has 3 heterocycles. The minimum Gasteiger partial charge on any atom is -0.464 e. The average molecular weight is 410 g/mol. The topological polar surface area (TPSA) is 108 Å². The van der Waals surface area contributed by atoms with Crippen molar-refractivity contribution < 1.29 is 14.3 Å². The molecule has 30 heavy (non-hydrogen) atoms. The number of carbonyl (C=O) groups excluding carboxylic acids is 1. The lowest BCUT2D eigenvalue weighted by atomic mass is 10.1. The second-order valence-corrected chi connectivity index (χ2v) is 8.31. The van der Waals surface area contributed by atoms with Crippen LogP contribution in [0.25, 0.3) is 11.2 Å². The van der Waals surface area contributed by atoms with E-state index in [1.807, 2.05) is 32.3 Å². The van der Waals surface area contributed by atoms with Gasteiger partial charge in [0, 0.05) is 13.1 Å². The minimum atomic E-state index is -0.510. The summed E-state index contributed by atoms with van der Waals surface area (Å²) in [6.45, 7) is 9.59. The van der Waals surface area contributed by atoms with E-state index in [1.54, 1.807) is 11.2 Å². The molecule has 2 N–H and O–H groups in total. The summed E-state index contributed by atoms with van der Waals surface area (Å²) in [4.78, 5) is 27.0. The minimum absolute atomic E-state index is 0.242. The molecule has 0 atom stereocenters. The molecule has 0 saturated heterocycles. The van der Waals surface area contributed by atoms with Gasteiger partial charge in [0.15, 0.2) is 17.0 Å². The van der Waals surface area contributed by atoms with Crippen LogP contribution in [0.2, 0.25) is 0 Å². The van der Waals surface area contributed by atoms with E-state index in [2.05, 4.69) is 33.2 Å². The summed E-state index contributed by atoms with van der Waals surface area (Å²) in [5, 5.41) is 0. The van der Waals surface area contributed by atoms with Crippen LogP contribution in [-0.2, 0) is 24.4 Å². The first-order valence-corrected chi connectivity index (χ1v) is 9.93. The molecule has 9 heteroatoms. The molecule has 1 aliphatic heterocycles. The van der Waals surface area contributed by atoms with Crippen molar-refractivity contribution in [2.45, 2.75) is 52.9 Å². The van der Waals surface area contributed by atoms with Crippen molar-refractivity contribution in [1.82, 2.24) is 24.4 Å². The molecule has 1 aromatic carbocycles. The number of fused-ring (bicyclic) bond motifs is 2. The van der Waals surface area contributed by atoms with Gasteiger partial charge in [-0.3, -0.25) is 4.90 Å². The van der Waals surface area contributed by atoms with Crippen LogP contribution in [0.4, 0.5) is 10.6 Å². The maximum absolute atomic E-state index is 12.4. The Kier molecular flexibility index (Phi) is 4.97. The van der Waals surface area contributed by atoms with Gasteiger partial charge in [-0.2, -0.15) is 9.97 Å². The van der Waals surface area contributed by atoms with Crippen LogP contribution >= 0.6 is 0 Å². The number of amides is 1. The highest BCUT2D eigenvalue weighted by Gasteiger charge is 2.27. The van der Waals surface area contributed by atoms with E-state index in [-0.39, 0.29) is 12.1 Å². The van der Waals surface area contributed by atoms with Crippen LogP contribution in [-0.4, -0.2) is 42.7 Å². The highest BCUT2D eigenvalue weighted by atomic mass is 16.6. The fraction of sp³-hybridized carbons (Fsp3) is 0.429. The van der Waals surface area contributed by atoms with Crippen molar-refractivity contribution in [2.24, 2.45) is 0 Å². The molecule has 2 aromatic heterocycles. The van der Waals surface area contributed by atoms with Crippen molar-refractivity contribution in [3.8, 4) is 6.01 Å². The molecule has 0 radical (unpaired) electrons. The standard InChI is InChI=1S/C21H26N6O3/c1-5-29-19-24-17(22)16-18(25-19)27(12-23-16)9-13-6-7-14-10-26(11-15(14)8-13)20(28)30-21(2,3)4/h6-8,12H,5,9-11H2,1-4H3,(H2,22,24,25). The highest BCUT2D eigenvalue weighted by Crippen LogP contribution is 2.27. The number of rotatable bonds is 4.